The second-order valence-electron chi connectivity index (χ2n) is 5.24. The van der Waals surface area contributed by atoms with Crippen molar-refractivity contribution in [2.45, 2.75) is 40.5 Å². The van der Waals surface area contributed by atoms with Gasteiger partial charge in [0.25, 0.3) is 0 Å². The third-order valence-corrected chi connectivity index (χ3v) is 4.59. The summed E-state index contributed by atoms with van der Waals surface area (Å²) in [5.41, 5.74) is 0.203. The molecule has 0 bridgehead atoms. The van der Waals surface area contributed by atoms with Crippen molar-refractivity contribution < 1.29 is 7.86 Å². The fraction of sp³-hybridized carbons (Fsp3) is 0.909. The summed E-state index contributed by atoms with van der Waals surface area (Å²) < 4.78 is 5.25. The Labute approximate surface area is 100 Å². The average Bonchev–Trinajstić information content (AvgIpc) is 2.24. The van der Waals surface area contributed by atoms with Gasteiger partial charge in [0.2, 0.25) is 0 Å². The number of hydrogen-bond acceptors (Lipinski definition) is 2. The van der Waals surface area contributed by atoms with Crippen LogP contribution in [0.2, 0.25) is 0 Å². The summed E-state index contributed by atoms with van der Waals surface area (Å²) in [6, 6.07) is 0. The van der Waals surface area contributed by atoms with E-state index >= 15 is 0 Å². The Bertz CT molecular complexity index is 237. The maximum absolute atomic E-state index is 11.5. The van der Waals surface area contributed by atoms with E-state index in [9.17, 15) is 4.79 Å². The van der Waals surface area contributed by atoms with Crippen LogP contribution in [0.3, 0.4) is 0 Å². The van der Waals surface area contributed by atoms with Gasteiger partial charge in [-0.15, -0.1) is 0 Å². The van der Waals surface area contributed by atoms with Crippen LogP contribution in [0, 0.1) is 16.7 Å². The van der Waals surface area contributed by atoms with Gasteiger partial charge in [-0.2, -0.15) is 0 Å². The molecule has 0 saturated heterocycles. The van der Waals surface area contributed by atoms with Crippen LogP contribution in [0.4, 0.5) is 0 Å². The summed E-state index contributed by atoms with van der Waals surface area (Å²) in [4.78, 5) is 11.5. The predicted octanol–water partition coefficient (Wildman–Crippen LogP) is 3.38. The number of halogens is 1. The van der Waals surface area contributed by atoms with Gasteiger partial charge in [0.1, 0.15) is 28.8 Å². The highest BCUT2D eigenvalue weighted by Crippen LogP contribution is 2.56. The topological polar surface area (TPSA) is 26.3 Å². The molecule has 0 amide bonds. The summed E-state index contributed by atoms with van der Waals surface area (Å²) in [6.07, 6.45) is 2.10. The van der Waals surface area contributed by atoms with Gasteiger partial charge in [-0.1, -0.05) is 20.8 Å². The van der Waals surface area contributed by atoms with Crippen LogP contribution in [-0.2, 0) is 7.86 Å². The molecule has 0 heterocycles. The molecule has 0 aromatic heterocycles. The highest BCUT2D eigenvalue weighted by Gasteiger charge is 2.52. The Balaban J connectivity index is 2.90. The molecule has 0 aromatic rings. The van der Waals surface area contributed by atoms with E-state index in [1.165, 1.54) is 0 Å². The predicted molar refractivity (Wildman–Crippen MR) is 65.3 cm³/mol. The number of ketones is 1. The Morgan fingerprint density at radius 3 is 2.43 bits per heavy atom. The Morgan fingerprint density at radius 1 is 1.50 bits per heavy atom. The molecule has 1 aliphatic rings. The van der Waals surface area contributed by atoms with Crippen molar-refractivity contribution >= 4 is 28.8 Å². The minimum absolute atomic E-state index is 0.0595. The van der Waals surface area contributed by atoms with Crippen LogP contribution in [0.25, 0.3) is 0 Å². The molecule has 14 heavy (non-hydrogen) atoms. The van der Waals surface area contributed by atoms with Crippen LogP contribution in [-0.4, -0.2) is 12.4 Å². The van der Waals surface area contributed by atoms with Crippen LogP contribution in [0.1, 0.15) is 40.5 Å². The van der Waals surface area contributed by atoms with Gasteiger partial charge in [0, 0.05) is 5.92 Å². The number of carbonyl (C=O) groups excluding carboxylic acids is 1. The van der Waals surface area contributed by atoms with E-state index in [0.29, 0.717) is 5.78 Å². The first kappa shape index (κ1) is 12.4. The van der Waals surface area contributed by atoms with Gasteiger partial charge in [-0.25, -0.2) is 0 Å². The van der Waals surface area contributed by atoms with Crippen LogP contribution in [0.5, 0.6) is 0 Å². The lowest BCUT2D eigenvalue weighted by Gasteiger charge is -2.40. The minimum Gasteiger partial charge on any atom is -0.315 e. The van der Waals surface area contributed by atoms with E-state index in [2.05, 4.69) is 20.8 Å². The first-order valence-corrected chi connectivity index (χ1v) is 5.97. The summed E-state index contributed by atoms with van der Waals surface area (Å²) in [5, 5.41) is 0. The maximum Gasteiger partial charge on any atom is 0.133 e. The van der Waals surface area contributed by atoms with Crippen LogP contribution < -0.4 is 0 Å². The quantitative estimate of drug-likeness (QED) is 0.747. The normalized spacial score (nSPS) is 35.9. The van der Waals surface area contributed by atoms with E-state index < -0.39 is 0 Å². The van der Waals surface area contributed by atoms with E-state index in [-0.39, 0.29) is 16.7 Å². The Morgan fingerprint density at radius 2 is 2.07 bits per heavy atom. The minimum atomic E-state index is 0.0595. The summed E-state index contributed by atoms with van der Waals surface area (Å²) in [7, 11) is 0. The summed E-state index contributed by atoms with van der Waals surface area (Å²) >= 11 is 1.94. The lowest BCUT2D eigenvalue weighted by molar-refractivity contribution is -0.125. The highest BCUT2D eigenvalue weighted by atomic mass is 127. The van der Waals surface area contributed by atoms with Gasteiger partial charge < -0.3 is 3.07 Å². The smallest absolute Gasteiger partial charge is 0.133 e. The second kappa shape index (κ2) is 4.08. The van der Waals surface area contributed by atoms with E-state index in [1.54, 1.807) is 6.92 Å². The zero-order valence-electron chi connectivity index (χ0n) is 9.39. The van der Waals surface area contributed by atoms with E-state index in [0.717, 1.165) is 19.4 Å². The summed E-state index contributed by atoms with van der Waals surface area (Å²) in [6.45, 7) is 9.07. The first-order valence-electron chi connectivity index (χ1n) is 5.09. The van der Waals surface area contributed by atoms with Crippen molar-refractivity contribution in [1.29, 1.82) is 0 Å². The fourth-order valence-electron chi connectivity index (χ4n) is 2.66. The van der Waals surface area contributed by atoms with Crippen molar-refractivity contribution in [3.05, 3.63) is 0 Å². The molecule has 0 aliphatic heterocycles. The summed E-state index contributed by atoms with van der Waals surface area (Å²) in [5.74, 6) is 0.534. The average molecular weight is 310 g/mol. The molecule has 0 aromatic carbocycles. The van der Waals surface area contributed by atoms with Gasteiger partial charge in [-0.05, 0) is 30.6 Å². The molecule has 0 N–H and O–H groups in total. The molecule has 0 radical (unpaired) electrons. The van der Waals surface area contributed by atoms with Gasteiger partial charge in [-0.3, -0.25) is 4.79 Å². The molecule has 1 aliphatic carbocycles. The molecule has 1 fully saturated rings. The number of rotatable bonds is 3. The van der Waals surface area contributed by atoms with E-state index in [1.807, 2.05) is 23.0 Å². The molecule has 0 unspecified atom stereocenters. The molecule has 1 saturated carbocycles. The third kappa shape index (κ3) is 1.85. The van der Waals surface area contributed by atoms with Crippen molar-refractivity contribution in [3.63, 3.8) is 0 Å². The Kier molecular flexibility index (Phi) is 3.62. The van der Waals surface area contributed by atoms with E-state index in [4.69, 9.17) is 3.07 Å². The third-order valence-electron chi connectivity index (χ3n) is 4.28. The van der Waals surface area contributed by atoms with Crippen LogP contribution >= 0.6 is 23.0 Å². The van der Waals surface area contributed by atoms with Crippen molar-refractivity contribution in [1.82, 2.24) is 0 Å². The maximum atomic E-state index is 11.5. The van der Waals surface area contributed by atoms with Crippen molar-refractivity contribution in [2.24, 2.45) is 16.7 Å². The lowest BCUT2D eigenvalue weighted by atomic mass is 9.65. The second-order valence-corrected chi connectivity index (χ2v) is 5.86. The molecule has 3 heteroatoms. The zero-order valence-corrected chi connectivity index (χ0v) is 11.6. The standard InChI is InChI=1S/C11H19IO2/c1-8(13)9-5-6-11(4,7-14-12)10(9,2)3/h9H,5-7H2,1-4H3/t9-,11+/m1/s1. The first-order chi connectivity index (χ1) is 6.35. The molecule has 82 valence electrons. The molecule has 0 spiro atoms. The van der Waals surface area contributed by atoms with Gasteiger partial charge in [0.05, 0.1) is 6.61 Å². The molecule has 1 rings (SSSR count). The van der Waals surface area contributed by atoms with Crippen molar-refractivity contribution in [2.75, 3.05) is 6.61 Å². The number of carbonyl (C=O) groups is 1. The molecular weight excluding hydrogens is 291 g/mol. The van der Waals surface area contributed by atoms with Gasteiger partial charge >= 0.3 is 0 Å². The zero-order chi connectivity index (χ0) is 11.0. The molecule has 2 nitrogen and oxygen atoms in total. The molecular formula is C11H19IO2. The Hall–Kier alpha value is 0.360. The molecule has 2 atom stereocenters. The highest BCUT2D eigenvalue weighted by molar-refractivity contribution is 14.1. The fourth-order valence-corrected chi connectivity index (χ4v) is 3.34. The van der Waals surface area contributed by atoms with Gasteiger partial charge in [0.15, 0.2) is 0 Å². The van der Waals surface area contributed by atoms with Crippen molar-refractivity contribution in [3.8, 4) is 0 Å². The number of hydrogen-bond donors (Lipinski definition) is 0. The number of Topliss-reactive ketones (excluding diaryl/α,β-unsaturated/α-hetero) is 1. The SMILES string of the molecule is CC(=O)[C@H]1CC[C@@](C)(COI)C1(C)C. The largest absolute Gasteiger partial charge is 0.315 e. The lowest BCUT2D eigenvalue weighted by Crippen LogP contribution is -2.39. The monoisotopic (exact) mass is 310 g/mol. The van der Waals surface area contributed by atoms with Crippen LogP contribution in [0.15, 0.2) is 0 Å².